The Kier molecular flexibility index (Phi) is 2.63. The van der Waals surface area contributed by atoms with E-state index in [1.54, 1.807) is 0 Å². The zero-order valence-electron chi connectivity index (χ0n) is 10.5. The number of benzene rings is 1. The maximum atomic E-state index is 5.50. The Bertz CT molecular complexity index is 596. The number of anilines is 1. The van der Waals surface area contributed by atoms with E-state index in [9.17, 15) is 0 Å². The van der Waals surface area contributed by atoms with Gasteiger partial charge in [0.25, 0.3) is 0 Å². The van der Waals surface area contributed by atoms with Gasteiger partial charge in [0, 0.05) is 19.0 Å². The maximum absolute atomic E-state index is 5.50. The lowest BCUT2D eigenvalue weighted by Crippen LogP contribution is -1.99. The van der Waals surface area contributed by atoms with Crippen LogP contribution in [-0.2, 0) is 6.42 Å². The quantitative estimate of drug-likeness (QED) is 0.877. The molecule has 0 radical (unpaired) electrons. The lowest BCUT2D eigenvalue weighted by molar-refractivity contribution is 0.357. The van der Waals surface area contributed by atoms with Crippen LogP contribution in [0.1, 0.15) is 11.1 Å². The molecule has 0 atom stereocenters. The predicted molar refractivity (Wildman–Crippen MR) is 71.0 cm³/mol. The fourth-order valence-corrected chi connectivity index (χ4v) is 2.22. The number of rotatable bonds is 2. The maximum Gasteiger partial charge on any atom is 0.151 e. The summed E-state index contributed by atoms with van der Waals surface area (Å²) < 4.78 is 5.50. The molecule has 1 aromatic carbocycles. The van der Waals surface area contributed by atoms with Crippen LogP contribution in [0.4, 0.5) is 5.82 Å². The van der Waals surface area contributed by atoms with E-state index in [0.717, 1.165) is 41.4 Å². The van der Waals surface area contributed by atoms with Crippen LogP contribution in [-0.4, -0.2) is 23.9 Å². The highest BCUT2D eigenvalue weighted by molar-refractivity contribution is 5.64. The van der Waals surface area contributed by atoms with Gasteiger partial charge in [-0.3, -0.25) is 0 Å². The normalized spacial score (nSPS) is 13.0. The van der Waals surface area contributed by atoms with Crippen LogP contribution in [0.5, 0.6) is 5.75 Å². The number of nitrogens with one attached hydrogen (secondary N) is 1. The summed E-state index contributed by atoms with van der Waals surface area (Å²) >= 11 is 0. The lowest BCUT2D eigenvalue weighted by Gasteiger charge is -2.07. The van der Waals surface area contributed by atoms with Crippen LogP contribution < -0.4 is 10.1 Å². The smallest absolute Gasteiger partial charge is 0.151 e. The zero-order valence-corrected chi connectivity index (χ0v) is 10.5. The van der Waals surface area contributed by atoms with Crippen molar-refractivity contribution in [1.82, 2.24) is 10.2 Å². The van der Waals surface area contributed by atoms with Gasteiger partial charge in [0.05, 0.1) is 12.3 Å². The van der Waals surface area contributed by atoms with Crippen LogP contribution in [0.15, 0.2) is 24.3 Å². The van der Waals surface area contributed by atoms with E-state index in [0.29, 0.717) is 0 Å². The standard InChI is InChI=1S/C14H15N3O/c1-9-7-12(16-17-14(9)15-2)10-3-4-13-11(8-10)5-6-18-13/h3-4,7-8H,5-6H2,1-2H3,(H,15,17). The summed E-state index contributed by atoms with van der Waals surface area (Å²) in [6, 6.07) is 8.24. The molecule has 92 valence electrons. The molecular formula is C14H15N3O. The topological polar surface area (TPSA) is 47.0 Å². The number of ether oxygens (including phenoxy) is 1. The zero-order chi connectivity index (χ0) is 12.5. The van der Waals surface area contributed by atoms with Gasteiger partial charge in [-0.25, -0.2) is 0 Å². The first-order valence-electron chi connectivity index (χ1n) is 6.06. The summed E-state index contributed by atoms with van der Waals surface area (Å²) in [5.41, 5.74) is 4.35. The van der Waals surface area contributed by atoms with Crippen LogP contribution in [0.2, 0.25) is 0 Å². The van der Waals surface area contributed by atoms with Crippen molar-refractivity contribution in [2.45, 2.75) is 13.3 Å². The third-order valence-corrected chi connectivity index (χ3v) is 3.21. The van der Waals surface area contributed by atoms with Gasteiger partial charge in [-0.1, -0.05) is 0 Å². The summed E-state index contributed by atoms with van der Waals surface area (Å²) in [5, 5.41) is 11.4. The average molecular weight is 241 g/mol. The SMILES string of the molecule is CNc1nnc(-c2ccc3c(c2)CCO3)cc1C. The molecule has 0 saturated heterocycles. The minimum atomic E-state index is 0.780. The Labute approximate surface area is 106 Å². The van der Waals surface area contributed by atoms with Crippen molar-refractivity contribution in [2.75, 3.05) is 19.0 Å². The predicted octanol–water partition coefficient (Wildman–Crippen LogP) is 2.43. The molecular weight excluding hydrogens is 226 g/mol. The molecule has 2 heterocycles. The van der Waals surface area contributed by atoms with Crippen LogP contribution in [0, 0.1) is 6.92 Å². The van der Waals surface area contributed by atoms with Gasteiger partial charge in [-0.15, -0.1) is 10.2 Å². The van der Waals surface area contributed by atoms with Gasteiger partial charge >= 0.3 is 0 Å². The minimum Gasteiger partial charge on any atom is -0.493 e. The molecule has 0 aliphatic carbocycles. The summed E-state index contributed by atoms with van der Waals surface area (Å²) in [5.74, 6) is 1.82. The molecule has 0 spiro atoms. The van der Waals surface area contributed by atoms with Crippen molar-refractivity contribution in [2.24, 2.45) is 0 Å². The Morgan fingerprint density at radius 2 is 2.11 bits per heavy atom. The Balaban J connectivity index is 2.02. The fourth-order valence-electron chi connectivity index (χ4n) is 2.22. The van der Waals surface area contributed by atoms with Crippen molar-refractivity contribution in [1.29, 1.82) is 0 Å². The van der Waals surface area contributed by atoms with Gasteiger partial charge in [-0.05, 0) is 42.3 Å². The highest BCUT2D eigenvalue weighted by atomic mass is 16.5. The molecule has 0 saturated carbocycles. The van der Waals surface area contributed by atoms with Gasteiger partial charge < -0.3 is 10.1 Å². The molecule has 0 amide bonds. The Morgan fingerprint density at radius 3 is 2.89 bits per heavy atom. The molecule has 0 bridgehead atoms. The molecule has 0 fully saturated rings. The summed E-state index contributed by atoms with van der Waals surface area (Å²) in [7, 11) is 1.85. The second-order valence-corrected chi connectivity index (χ2v) is 4.43. The third kappa shape index (κ3) is 1.79. The van der Waals surface area contributed by atoms with Crippen molar-refractivity contribution in [3.05, 3.63) is 35.4 Å². The molecule has 4 heteroatoms. The van der Waals surface area contributed by atoms with E-state index in [2.05, 4.69) is 27.6 Å². The summed E-state index contributed by atoms with van der Waals surface area (Å²) in [4.78, 5) is 0. The first-order valence-corrected chi connectivity index (χ1v) is 6.06. The van der Waals surface area contributed by atoms with E-state index < -0.39 is 0 Å². The number of aromatic nitrogens is 2. The van der Waals surface area contributed by atoms with E-state index >= 15 is 0 Å². The first-order chi connectivity index (χ1) is 8.78. The summed E-state index contributed by atoms with van der Waals surface area (Å²) in [6.45, 7) is 2.81. The van der Waals surface area contributed by atoms with E-state index in [-0.39, 0.29) is 0 Å². The molecule has 1 aromatic heterocycles. The average Bonchev–Trinajstić information content (AvgIpc) is 2.85. The van der Waals surface area contributed by atoms with Crippen molar-refractivity contribution >= 4 is 5.82 Å². The fraction of sp³-hybridized carbons (Fsp3) is 0.286. The van der Waals surface area contributed by atoms with Crippen molar-refractivity contribution < 1.29 is 4.74 Å². The lowest BCUT2D eigenvalue weighted by atomic mass is 10.1. The van der Waals surface area contributed by atoms with Crippen molar-refractivity contribution in [3.63, 3.8) is 0 Å². The second-order valence-electron chi connectivity index (χ2n) is 4.43. The van der Waals surface area contributed by atoms with Crippen LogP contribution in [0.25, 0.3) is 11.3 Å². The number of nitrogens with zero attached hydrogens (tertiary/aromatic N) is 2. The molecule has 0 unspecified atom stereocenters. The van der Waals surface area contributed by atoms with E-state index in [4.69, 9.17) is 4.74 Å². The third-order valence-electron chi connectivity index (χ3n) is 3.21. The number of fused-ring (bicyclic) bond motifs is 1. The molecule has 1 aliphatic heterocycles. The minimum absolute atomic E-state index is 0.780. The second kappa shape index (κ2) is 4.29. The molecule has 3 rings (SSSR count). The summed E-state index contributed by atoms with van der Waals surface area (Å²) in [6.07, 6.45) is 0.976. The van der Waals surface area contributed by atoms with Gasteiger partial charge in [0.15, 0.2) is 5.82 Å². The van der Waals surface area contributed by atoms with Gasteiger partial charge in [0.2, 0.25) is 0 Å². The molecule has 1 aliphatic rings. The van der Waals surface area contributed by atoms with E-state index in [1.165, 1.54) is 5.56 Å². The Morgan fingerprint density at radius 1 is 1.22 bits per heavy atom. The largest absolute Gasteiger partial charge is 0.493 e. The van der Waals surface area contributed by atoms with Crippen molar-refractivity contribution in [3.8, 4) is 17.0 Å². The monoisotopic (exact) mass is 241 g/mol. The van der Waals surface area contributed by atoms with Crippen LogP contribution >= 0.6 is 0 Å². The highest BCUT2D eigenvalue weighted by Crippen LogP contribution is 2.30. The number of hydrogen-bond acceptors (Lipinski definition) is 4. The number of aryl methyl sites for hydroxylation is 1. The molecule has 1 N–H and O–H groups in total. The highest BCUT2D eigenvalue weighted by Gasteiger charge is 2.13. The molecule has 18 heavy (non-hydrogen) atoms. The Hall–Kier alpha value is -2.10. The van der Waals surface area contributed by atoms with Gasteiger partial charge in [0.1, 0.15) is 5.75 Å². The molecule has 2 aromatic rings. The number of hydrogen-bond donors (Lipinski definition) is 1. The van der Waals surface area contributed by atoms with Crippen LogP contribution in [0.3, 0.4) is 0 Å². The van der Waals surface area contributed by atoms with E-state index in [1.807, 2.05) is 26.1 Å². The molecule has 4 nitrogen and oxygen atoms in total. The van der Waals surface area contributed by atoms with Gasteiger partial charge in [-0.2, -0.15) is 0 Å². The first kappa shape index (κ1) is 11.0.